The smallest absolute Gasteiger partial charge is 0.315 e. The van der Waals surface area contributed by atoms with Crippen LogP contribution in [0.3, 0.4) is 0 Å². The first-order valence-electron chi connectivity index (χ1n) is 16.4. The van der Waals surface area contributed by atoms with Gasteiger partial charge in [-0.1, -0.05) is 104 Å². The van der Waals surface area contributed by atoms with E-state index in [2.05, 4.69) is 46.7 Å². The van der Waals surface area contributed by atoms with Crippen LogP contribution in [0.5, 0.6) is 0 Å². The Labute approximate surface area is 278 Å². The molecule has 0 radical (unpaired) electrons. The minimum atomic E-state index is -0.635. The van der Waals surface area contributed by atoms with Gasteiger partial charge < -0.3 is 30.3 Å². The van der Waals surface area contributed by atoms with E-state index >= 15 is 0 Å². The summed E-state index contributed by atoms with van der Waals surface area (Å²) in [6, 6.07) is 33.7. The molecule has 1 fully saturated rings. The standard InChI is InChI=1S/C39H47N3O5/c1-5-40-39(45)41-23-29-10-9-13-34(22-29)30-18-20-33(21-19-30)38-46-35(24-42(4)27(3)36(44)31-11-7-6-8-12-31)26(2)37(47-38)32-16-14-28(25-43)15-17-32/h6-22,26-27,35-38,43-44H,5,23-25H2,1-4H3,(H2,40,41,45). The van der Waals surface area contributed by atoms with Gasteiger partial charge in [0.15, 0.2) is 6.29 Å². The fourth-order valence-electron chi connectivity index (χ4n) is 6.05. The number of ether oxygens (including phenoxy) is 2. The maximum atomic E-state index is 11.9. The highest BCUT2D eigenvalue weighted by Crippen LogP contribution is 2.42. The molecule has 8 nitrogen and oxygen atoms in total. The number of urea groups is 1. The second-order valence-corrected chi connectivity index (χ2v) is 12.4. The molecule has 1 saturated heterocycles. The summed E-state index contributed by atoms with van der Waals surface area (Å²) in [6.45, 7) is 7.69. The highest BCUT2D eigenvalue weighted by Gasteiger charge is 2.39. The lowest BCUT2D eigenvalue weighted by Gasteiger charge is -2.43. The molecule has 1 aliphatic heterocycles. The van der Waals surface area contributed by atoms with Gasteiger partial charge >= 0.3 is 6.03 Å². The van der Waals surface area contributed by atoms with E-state index in [1.54, 1.807) is 0 Å². The van der Waals surface area contributed by atoms with Crippen molar-refractivity contribution in [3.8, 4) is 11.1 Å². The molecule has 6 unspecified atom stereocenters. The number of carbonyl (C=O) groups is 1. The normalized spacial score (nSPS) is 20.8. The van der Waals surface area contributed by atoms with E-state index in [4.69, 9.17) is 9.47 Å². The number of nitrogens with one attached hydrogen (secondary N) is 2. The number of carbonyl (C=O) groups excluding carboxylic acids is 1. The van der Waals surface area contributed by atoms with Gasteiger partial charge in [-0.3, -0.25) is 4.90 Å². The minimum Gasteiger partial charge on any atom is -0.392 e. The fourth-order valence-corrected chi connectivity index (χ4v) is 6.05. The molecule has 0 bridgehead atoms. The Kier molecular flexibility index (Phi) is 11.8. The third-order valence-corrected chi connectivity index (χ3v) is 9.12. The van der Waals surface area contributed by atoms with Crippen LogP contribution in [0.4, 0.5) is 4.79 Å². The highest BCUT2D eigenvalue weighted by atomic mass is 16.7. The van der Waals surface area contributed by atoms with Crippen molar-refractivity contribution in [1.82, 2.24) is 15.5 Å². The maximum Gasteiger partial charge on any atom is 0.315 e. The first-order valence-corrected chi connectivity index (χ1v) is 16.4. The van der Waals surface area contributed by atoms with Crippen molar-refractivity contribution in [3.05, 3.63) is 131 Å². The second kappa shape index (κ2) is 16.2. The molecule has 248 valence electrons. The number of hydrogen-bond donors (Lipinski definition) is 4. The monoisotopic (exact) mass is 637 g/mol. The van der Waals surface area contributed by atoms with Gasteiger partial charge in [0.25, 0.3) is 0 Å². The van der Waals surface area contributed by atoms with Crippen molar-refractivity contribution in [2.75, 3.05) is 20.1 Å². The summed E-state index contributed by atoms with van der Waals surface area (Å²) in [5.41, 5.74) is 6.80. The van der Waals surface area contributed by atoms with Crippen LogP contribution in [-0.4, -0.2) is 53.4 Å². The quantitative estimate of drug-likeness (QED) is 0.141. The largest absolute Gasteiger partial charge is 0.392 e. The number of likely N-dealkylation sites (N-methyl/N-ethyl adjacent to an activating group) is 1. The molecule has 1 aliphatic rings. The summed E-state index contributed by atoms with van der Waals surface area (Å²) in [5.74, 6) is 0.0183. The van der Waals surface area contributed by atoms with Crippen molar-refractivity contribution in [1.29, 1.82) is 0 Å². The van der Waals surface area contributed by atoms with Crippen molar-refractivity contribution in [2.24, 2.45) is 5.92 Å². The lowest BCUT2D eigenvalue weighted by Crippen LogP contribution is -2.46. The summed E-state index contributed by atoms with van der Waals surface area (Å²) in [4.78, 5) is 14.0. The van der Waals surface area contributed by atoms with Gasteiger partial charge in [-0.15, -0.1) is 0 Å². The first kappa shape index (κ1) is 34.3. The number of aliphatic hydroxyl groups is 2. The van der Waals surface area contributed by atoms with Crippen molar-refractivity contribution in [2.45, 2.75) is 64.6 Å². The van der Waals surface area contributed by atoms with Gasteiger partial charge in [0, 0.05) is 37.2 Å². The SMILES string of the molecule is CCNC(=O)NCc1cccc(-c2ccc(C3OC(CN(C)C(C)C(O)c4ccccc4)C(C)C(c4ccc(CO)cc4)O3)cc2)c1. The lowest BCUT2D eigenvalue weighted by molar-refractivity contribution is -0.276. The summed E-state index contributed by atoms with van der Waals surface area (Å²) in [7, 11) is 2.02. The number of amides is 2. The van der Waals surface area contributed by atoms with Crippen molar-refractivity contribution < 1.29 is 24.5 Å². The van der Waals surface area contributed by atoms with Crippen LogP contribution in [0.1, 0.15) is 67.1 Å². The van der Waals surface area contributed by atoms with Gasteiger partial charge in [0.05, 0.1) is 24.9 Å². The van der Waals surface area contributed by atoms with Crippen LogP contribution >= 0.6 is 0 Å². The average Bonchev–Trinajstić information content (AvgIpc) is 3.11. The molecular weight excluding hydrogens is 590 g/mol. The molecule has 8 heteroatoms. The molecular formula is C39H47N3O5. The van der Waals surface area contributed by atoms with Crippen molar-refractivity contribution in [3.63, 3.8) is 0 Å². The highest BCUT2D eigenvalue weighted by molar-refractivity contribution is 5.73. The number of rotatable bonds is 12. The summed E-state index contributed by atoms with van der Waals surface area (Å²) in [5, 5.41) is 26.4. The molecule has 0 aliphatic carbocycles. The van der Waals surface area contributed by atoms with E-state index in [-0.39, 0.29) is 36.8 Å². The predicted molar refractivity (Wildman–Crippen MR) is 184 cm³/mol. The minimum absolute atomic E-state index is 0.0118. The van der Waals surface area contributed by atoms with E-state index in [0.29, 0.717) is 19.6 Å². The number of hydrogen-bond acceptors (Lipinski definition) is 6. The Bertz CT molecular complexity index is 1560. The molecule has 4 N–H and O–H groups in total. The number of nitrogens with zero attached hydrogens (tertiary/aromatic N) is 1. The molecule has 47 heavy (non-hydrogen) atoms. The maximum absolute atomic E-state index is 11.9. The van der Waals surface area contributed by atoms with Crippen LogP contribution in [0.2, 0.25) is 0 Å². The summed E-state index contributed by atoms with van der Waals surface area (Å²) < 4.78 is 13.4. The summed E-state index contributed by atoms with van der Waals surface area (Å²) >= 11 is 0. The van der Waals surface area contributed by atoms with Crippen LogP contribution in [-0.2, 0) is 22.6 Å². The Morgan fingerprint density at radius 3 is 2.23 bits per heavy atom. The first-order chi connectivity index (χ1) is 22.8. The Balaban J connectivity index is 1.35. The average molecular weight is 638 g/mol. The third-order valence-electron chi connectivity index (χ3n) is 9.12. The molecule has 0 spiro atoms. The molecule has 2 amide bonds. The zero-order valence-corrected chi connectivity index (χ0v) is 27.7. The van der Waals surface area contributed by atoms with Crippen LogP contribution in [0.15, 0.2) is 103 Å². The van der Waals surface area contributed by atoms with E-state index < -0.39 is 12.4 Å². The van der Waals surface area contributed by atoms with Gasteiger partial charge in [0.1, 0.15) is 0 Å². The molecule has 0 saturated carbocycles. The van der Waals surface area contributed by atoms with E-state index in [1.807, 2.05) is 99.8 Å². The lowest BCUT2D eigenvalue weighted by atomic mass is 9.89. The van der Waals surface area contributed by atoms with E-state index in [0.717, 1.165) is 38.9 Å². The molecule has 6 atom stereocenters. The molecule has 1 heterocycles. The molecule has 0 aromatic heterocycles. The van der Waals surface area contributed by atoms with Crippen LogP contribution < -0.4 is 10.6 Å². The second-order valence-electron chi connectivity index (χ2n) is 12.4. The molecule has 5 rings (SSSR count). The van der Waals surface area contributed by atoms with Crippen LogP contribution in [0.25, 0.3) is 11.1 Å². The summed E-state index contributed by atoms with van der Waals surface area (Å²) in [6.07, 6.45) is -1.64. The Morgan fingerprint density at radius 2 is 1.55 bits per heavy atom. The zero-order valence-electron chi connectivity index (χ0n) is 27.7. The topological polar surface area (TPSA) is 103 Å². The number of aliphatic hydroxyl groups excluding tert-OH is 2. The van der Waals surface area contributed by atoms with E-state index in [9.17, 15) is 15.0 Å². The van der Waals surface area contributed by atoms with Gasteiger partial charge in [-0.05, 0) is 60.3 Å². The fraction of sp³-hybridized carbons (Fsp3) is 0.359. The van der Waals surface area contributed by atoms with Crippen LogP contribution in [0, 0.1) is 5.92 Å². The molecule has 4 aromatic rings. The third kappa shape index (κ3) is 8.66. The van der Waals surface area contributed by atoms with Gasteiger partial charge in [-0.25, -0.2) is 4.79 Å². The molecule has 4 aromatic carbocycles. The van der Waals surface area contributed by atoms with Crippen molar-refractivity contribution >= 4 is 6.03 Å². The predicted octanol–water partition coefficient (Wildman–Crippen LogP) is 6.51. The van der Waals surface area contributed by atoms with Gasteiger partial charge in [-0.2, -0.15) is 0 Å². The van der Waals surface area contributed by atoms with Gasteiger partial charge in [0.2, 0.25) is 0 Å². The number of benzene rings is 4. The zero-order chi connectivity index (χ0) is 33.3. The Morgan fingerprint density at radius 1 is 0.851 bits per heavy atom. The van der Waals surface area contributed by atoms with E-state index in [1.165, 1.54) is 0 Å². The Hall–Kier alpha value is -4.05.